The summed E-state index contributed by atoms with van der Waals surface area (Å²) in [5.41, 5.74) is 1.000. The zero-order valence-corrected chi connectivity index (χ0v) is 13.0. The van der Waals surface area contributed by atoms with Gasteiger partial charge in [-0.1, -0.05) is 11.6 Å². The molecule has 3 rings (SSSR count). The summed E-state index contributed by atoms with van der Waals surface area (Å²) in [4.78, 5) is 16.2. The van der Waals surface area contributed by atoms with Crippen molar-refractivity contribution in [1.29, 1.82) is 0 Å². The van der Waals surface area contributed by atoms with E-state index in [-0.39, 0.29) is 5.91 Å². The van der Waals surface area contributed by atoms with Gasteiger partial charge in [-0.15, -0.1) is 0 Å². The van der Waals surface area contributed by atoms with E-state index in [9.17, 15) is 4.79 Å². The number of hydrogen-bond donors (Lipinski definition) is 1. The largest absolute Gasteiger partial charge is 0.465 e. The first-order valence-corrected chi connectivity index (χ1v) is 7.20. The summed E-state index contributed by atoms with van der Waals surface area (Å²) in [6, 6.07) is 9.05. The molecule has 0 saturated heterocycles. The van der Waals surface area contributed by atoms with E-state index in [1.165, 1.54) is 0 Å². The molecule has 0 bridgehead atoms. The molecule has 4 nitrogen and oxygen atoms in total. The molecule has 0 saturated carbocycles. The predicted molar refractivity (Wildman–Crippen MR) is 85.5 cm³/mol. The number of halogens is 2. The number of carbonyl (C=O) groups is 1. The molecule has 0 unspecified atom stereocenters. The van der Waals surface area contributed by atoms with E-state index < -0.39 is 0 Å². The lowest BCUT2D eigenvalue weighted by molar-refractivity contribution is -0.115. The second-order valence-corrected chi connectivity index (χ2v) is 5.74. The summed E-state index contributed by atoms with van der Waals surface area (Å²) in [5.74, 6) is 0.761. The molecule has 0 fully saturated rings. The quantitative estimate of drug-likeness (QED) is 0.622. The molecule has 1 N–H and O–H groups in total. The summed E-state index contributed by atoms with van der Waals surface area (Å²) < 4.78 is 6.19. The van der Waals surface area contributed by atoms with E-state index in [0.29, 0.717) is 27.9 Å². The van der Waals surface area contributed by atoms with Crippen LogP contribution in [-0.2, 0) is 4.79 Å². The van der Waals surface area contributed by atoms with E-state index in [1.54, 1.807) is 30.5 Å². The van der Waals surface area contributed by atoms with Crippen LogP contribution in [0, 0.1) is 3.57 Å². The van der Waals surface area contributed by atoms with E-state index in [2.05, 4.69) is 32.9 Å². The summed E-state index contributed by atoms with van der Waals surface area (Å²) in [6.45, 7) is 0. The molecule has 1 aliphatic heterocycles. The van der Waals surface area contributed by atoms with Gasteiger partial charge in [0, 0.05) is 15.2 Å². The van der Waals surface area contributed by atoms with Gasteiger partial charge >= 0.3 is 0 Å². The van der Waals surface area contributed by atoms with Crippen molar-refractivity contribution in [3.63, 3.8) is 0 Å². The SMILES string of the molecule is O=C1NC(c2cc(I)ccc2Cl)=N/C1=C\c1ccco1. The maximum atomic E-state index is 11.9. The smallest absolute Gasteiger partial charge is 0.275 e. The van der Waals surface area contributed by atoms with Crippen LogP contribution in [0.1, 0.15) is 11.3 Å². The van der Waals surface area contributed by atoms with Gasteiger partial charge in [-0.05, 0) is 52.9 Å². The first kappa shape index (κ1) is 13.4. The van der Waals surface area contributed by atoms with Crippen molar-refractivity contribution in [1.82, 2.24) is 5.32 Å². The molecule has 20 heavy (non-hydrogen) atoms. The van der Waals surface area contributed by atoms with Gasteiger partial charge in [0.25, 0.3) is 5.91 Å². The fourth-order valence-corrected chi connectivity index (χ4v) is 2.48. The number of rotatable bonds is 2. The summed E-state index contributed by atoms with van der Waals surface area (Å²) in [7, 11) is 0. The monoisotopic (exact) mass is 398 g/mol. The molecule has 1 aromatic carbocycles. The highest BCUT2D eigenvalue weighted by Gasteiger charge is 2.23. The Morgan fingerprint density at radius 1 is 1.35 bits per heavy atom. The van der Waals surface area contributed by atoms with Crippen molar-refractivity contribution in [3.8, 4) is 0 Å². The minimum absolute atomic E-state index is 0.272. The lowest BCUT2D eigenvalue weighted by atomic mass is 10.2. The lowest BCUT2D eigenvalue weighted by Gasteiger charge is -2.03. The number of nitrogens with one attached hydrogen (secondary N) is 1. The Labute approximate surface area is 133 Å². The number of furan rings is 1. The molecule has 2 heterocycles. The molecular weight excluding hydrogens is 391 g/mol. The van der Waals surface area contributed by atoms with Crippen molar-refractivity contribution >= 4 is 52.0 Å². The summed E-state index contributed by atoms with van der Waals surface area (Å²) in [6.07, 6.45) is 3.13. The Balaban J connectivity index is 2.00. The summed E-state index contributed by atoms with van der Waals surface area (Å²) >= 11 is 8.32. The number of amidine groups is 1. The molecule has 0 atom stereocenters. The first-order chi connectivity index (χ1) is 9.63. The van der Waals surface area contributed by atoms with Gasteiger partial charge in [0.15, 0.2) is 0 Å². The molecule has 0 aliphatic carbocycles. The second-order valence-electron chi connectivity index (χ2n) is 4.08. The van der Waals surface area contributed by atoms with Crippen LogP contribution in [-0.4, -0.2) is 11.7 Å². The van der Waals surface area contributed by atoms with Gasteiger partial charge in [0.05, 0.1) is 11.3 Å². The maximum absolute atomic E-state index is 11.9. The fraction of sp³-hybridized carbons (Fsp3) is 0. The van der Waals surface area contributed by atoms with Gasteiger partial charge in [-0.25, -0.2) is 4.99 Å². The predicted octanol–water partition coefficient (Wildman–Crippen LogP) is 3.46. The zero-order valence-electron chi connectivity index (χ0n) is 10.1. The standard InChI is InChI=1S/C14H8ClIN2O2/c15-11-4-3-8(16)6-10(11)13-17-12(14(19)18-13)7-9-2-1-5-20-9/h1-7H,(H,17,18,19)/b12-7-. The lowest BCUT2D eigenvalue weighted by Crippen LogP contribution is -2.25. The number of benzene rings is 1. The number of carbonyl (C=O) groups excluding carboxylic acids is 1. The van der Waals surface area contributed by atoms with E-state index in [4.69, 9.17) is 16.0 Å². The molecular formula is C14H8ClIN2O2. The molecule has 100 valence electrons. The third-order valence-electron chi connectivity index (χ3n) is 2.70. The number of amides is 1. The van der Waals surface area contributed by atoms with Crippen molar-refractivity contribution in [2.75, 3.05) is 0 Å². The molecule has 0 radical (unpaired) electrons. The normalized spacial score (nSPS) is 16.4. The fourth-order valence-electron chi connectivity index (χ4n) is 1.78. The molecule has 1 amide bonds. The van der Waals surface area contributed by atoms with E-state index in [0.717, 1.165) is 3.57 Å². The number of nitrogens with zero attached hydrogens (tertiary/aromatic N) is 1. The minimum Gasteiger partial charge on any atom is -0.465 e. The topological polar surface area (TPSA) is 54.6 Å². The number of hydrogen-bond acceptors (Lipinski definition) is 3. The van der Waals surface area contributed by atoms with Crippen LogP contribution in [0.3, 0.4) is 0 Å². The van der Waals surface area contributed by atoms with Crippen molar-refractivity contribution < 1.29 is 9.21 Å². The maximum Gasteiger partial charge on any atom is 0.275 e. The van der Waals surface area contributed by atoms with Crippen molar-refractivity contribution in [2.45, 2.75) is 0 Å². The Bertz CT molecular complexity index is 736. The van der Waals surface area contributed by atoms with E-state index in [1.807, 2.05) is 12.1 Å². The van der Waals surface area contributed by atoms with Crippen molar-refractivity contribution in [2.24, 2.45) is 4.99 Å². The van der Waals surface area contributed by atoms with Crippen LogP contribution in [0.5, 0.6) is 0 Å². The van der Waals surface area contributed by atoms with Gasteiger partial charge in [0.2, 0.25) is 0 Å². The van der Waals surface area contributed by atoms with Crippen LogP contribution in [0.2, 0.25) is 5.02 Å². The van der Waals surface area contributed by atoms with Crippen LogP contribution >= 0.6 is 34.2 Å². The minimum atomic E-state index is -0.272. The van der Waals surface area contributed by atoms with E-state index >= 15 is 0 Å². The second kappa shape index (κ2) is 5.41. The highest BCUT2D eigenvalue weighted by molar-refractivity contribution is 14.1. The molecule has 2 aromatic rings. The highest BCUT2D eigenvalue weighted by atomic mass is 127. The Morgan fingerprint density at radius 3 is 2.95 bits per heavy atom. The Hall–Kier alpha value is -1.60. The third-order valence-corrected chi connectivity index (χ3v) is 3.70. The van der Waals surface area contributed by atoms with Gasteiger partial charge < -0.3 is 9.73 Å². The third kappa shape index (κ3) is 2.64. The average molecular weight is 399 g/mol. The zero-order chi connectivity index (χ0) is 14.1. The molecule has 6 heteroatoms. The molecule has 1 aromatic heterocycles. The Morgan fingerprint density at radius 2 is 2.20 bits per heavy atom. The highest BCUT2D eigenvalue weighted by Crippen LogP contribution is 2.22. The molecule has 0 spiro atoms. The average Bonchev–Trinajstić information content (AvgIpc) is 3.04. The molecule has 1 aliphatic rings. The van der Waals surface area contributed by atoms with Crippen LogP contribution in [0.25, 0.3) is 6.08 Å². The van der Waals surface area contributed by atoms with Gasteiger partial charge in [0.1, 0.15) is 17.3 Å². The van der Waals surface area contributed by atoms with Gasteiger partial charge in [-0.3, -0.25) is 4.79 Å². The first-order valence-electron chi connectivity index (χ1n) is 5.74. The van der Waals surface area contributed by atoms with Crippen LogP contribution in [0.15, 0.2) is 51.7 Å². The summed E-state index contributed by atoms with van der Waals surface area (Å²) in [5, 5.41) is 3.26. The van der Waals surface area contributed by atoms with Crippen LogP contribution < -0.4 is 5.32 Å². The van der Waals surface area contributed by atoms with Crippen LogP contribution in [0.4, 0.5) is 0 Å². The Kier molecular flexibility index (Phi) is 3.62. The number of aliphatic imine (C=N–C) groups is 1. The van der Waals surface area contributed by atoms with Gasteiger partial charge in [-0.2, -0.15) is 0 Å². The van der Waals surface area contributed by atoms with Crippen molar-refractivity contribution in [3.05, 3.63) is 62.2 Å².